The van der Waals surface area contributed by atoms with Crippen LogP contribution in [0.4, 0.5) is 5.69 Å². The highest BCUT2D eigenvalue weighted by Gasteiger charge is 2.04. The number of aromatic nitrogens is 1. The monoisotopic (exact) mass is 196 g/mol. The van der Waals surface area contributed by atoms with Gasteiger partial charge in [-0.2, -0.15) is 0 Å². The number of aliphatic hydroxyl groups is 1. The second-order valence-corrected chi connectivity index (χ2v) is 2.97. The summed E-state index contributed by atoms with van der Waals surface area (Å²) in [6, 6.07) is 2.95. The summed E-state index contributed by atoms with van der Waals surface area (Å²) >= 11 is 0. The summed E-state index contributed by atoms with van der Waals surface area (Å²) in [5, 5.41) is 20.3. The van der Waals surface area contributed by atoms with Crippen LogP contribution in [0.15, 0.2) is 18.3 Å². The van der Waals surface area contributed by atoms with Gasteiger partial charge in [0.25, 0.3) is 0 Å². The number of anilines is 1. The first-order chi connectivity index (χ1) is 6.63. The van der Waals surface area contributed by atoms with Gasteiger partial charge in [-0.05, 0) is 19.1 Å². The van der Waals surface area contributed by atoms with Gasteiger partial charge in [-0.25, -0.2) is 9.78 Å². The zero-order chi connectivity index (χ0) is 10.6. The van der Waals surface area contributed by atoms with Crippen LogP contribution in [-0.2, 0) is 0 Å². The van der Waals surface area contributed by atoms with Gasteiger partial charge in [-0.1, -0.05) is 0 Å². The molecule has 0 bridgehead atoms. The van der Waals surface area contributed by atoms with Crippen LogP contribution < -0.4 is 5.32 Å². The zero-order valence-corrected chi connectivity index (χ0v) is 7.77. The molecule has 0 fully saturated rings. The van der Waals surface area contributed by atoms with Gasteiger partial charge < -0.3 is 15.5 Å². The quantitative estimate of drug-likeness (QED) is 0.655. The number of carboxylic acid groups (broad SMARTS) is 1. The summed E-state index contributed by atoms with van der Waals surface area (Å²) in [5.41, 5.74) is 0.698. The fourth-order valence-corrected chi connectivity index (χ4v) is 0.936. The third-order valence-corrected chi connectivity index (χ3v) is 1.67. The largest absolute Gasteiger partial charge is 0.477 e. The van der Waals surface area contributed by atoms with E-state index in [1.165, 1.54) is 12.3 Å². The second kappa shape index (κ2) is 4.57. The van der Waals surface area contributed by atoms with E-state index in [0.717, 1.165) is 0 Å². The van der Waals surface area contributed by atoms with Crippen molar-refractivity contribution in [2.45, 2.75) is 13.0 Å². The molecule has 0 saturated heterocycles. The molecule has 0 amide bonds. The molecule has 1 aromatic rings. The van der Waals surface area contributed by atoms with Gasteiger partial charge in [0, 0.05) is 6.04 Å². The molecule has 5 nitrogen and oxygen atoms in total. The maximum atomic E-state index is 10.5. The Labute approximate surface area is 81.4 Å². The standard InChI is InChI=1S/C9H12N2O3/c1-6(5-12)11-7-2-3-8(9(13)14)10-4-7/h2-4,6,11-12H,5H2,1H3,(H,13,14). The minimum Gasteiger partial charge on any atom is -0.477 e. The van der Waals surface area contributed by atoms with Crippen molar-refractivity contribution in [2.24, 2.45) is 0 Å². The average molecular weight is 196 g/mol. The van der Waals surface area contributed by atoms with Crippen LogP contribution in [0.5, 0.6) is 0 Å². The fraction of sp³-hybridized carbons (Fsp3) is 0.333. The van der Waals surface area contributed by atoms with E-state index in [4.69, 9.17) is 10.2 Å². The molecule has 0 aliphatic rings. The van der Waals surface area contributed by atoms with E-state index in [2.05, 4.69) is 10.3 Å². The number of aliphatic hydroxyl groups excluding tert-OH is 1. The van der Waals surface area contributed by atoms with Crippen LogP contribution in [0, 0.1) is 0 Å². The first kappa shape index (κ1) is 10.5. The van der Waals surface area contributed by atoms with E-state index in [9.17, 15) is 4.79 Å². The molecule has 14 heavy (non-hydrogen) atoms. The number of nitrogens with zero attached hydrogens (tertiary/aromatic N) is 1. The van der Waals surface area contributed by atoms with E-state index in [0.29, 0.717) is 5.69 Å². The van der Waals surface area contributed by atoms with E-state index in [1.54, 1.807) is 6.07 Å². The summed E-state index contributed by atoms with van der Waals surface area (Å²) in [6.07, 6.45) is 1.43. The van der Waals surface area contributed by atoms with Gasteiger partial charge in [0.2, 0.25) is 0 Å². The SMILES string of the molecule is CC(CO)Nc1ccc(C(=O)O)nc1. The molecule has 1 unspecified atom stereocenters. The maximum absolute atomic E-state index is 10.5. The first-order valence-corrected chi connectivity index (χ1v) is 4.20. The molecule has 0 aliphatic heterocycles. The Hall–Kier alpha value is -1.62. The van der Waals surface area contributed by atoms with E-state index < -0.39 is 5.97 Å². The van der Waals surface area contributed by atoms with Crippen molar-refractivity contribution in [1.29, 1.82) is 0 Å². The Bertz CT molecular complexity index is 310. The number of hydrogen-bond acceptors (Lipinski definition) is 4. The van der Waals surface area contributed by atoms with Crippen LogP contribution in [0.3, 0.4) is 0 Å². The smallest absolute Gasteiger partial charge is 0.354 e. The molecule has 0 aromatic carbocycles. The highest BCUT2D eigenvalue weighted by Crippen LogP contribution is 2.07. The van der Waals surface area contributed by atoms with Gasteiger partial charge in [0.15, 0.2) is 0 Å². The maximum Gasteiger partial charge on any atom is 0.354 e. The third-order valence-electron chi connectivity index (χ3n) is 1.67. The zero-order valence-electron chi connectivity index (χ0n) is 7.77. The number of pyridine rings is 1. The van der Waals surface area contributed by atoms with Crippen molar-refractivity contribution >= 4 is 11.7 Å². The molecule has 0 saturated carbocycles. The van der Waals surface area contributed by atoms with E-state index in [-0.39, 0.29) is 18.3 Å². The van der Waals surface area contributed by atoms with Crippen molar-refractivity contribution in [3.63, 3.8) is 0 Å². The Balaban J connectivity index is 2.68. The molecule has 3 N–H and O–H groups in total. The minimum atomic E-state index is -1.05. The topological polar surface area (TPSA) is 82.5 Å². The Morgan fingerprint density at radius 2 is 2.36 bits per heavy atom. The van der Waals surface area contributed by atoms with E-state index in [1.807, 2.05) is 6.92 Å². The molecule has 1 atom stereocenters. The number of carbonyl (C=O) groups is 1. The number of carboxylic acids is 1. The Morgan fingerprint density at radius 1 is 1.64 bits per heavy atom. The first-order valence-electron chi connectivity index (χ1n) is 4.20. The normalized spacial score (nSPS) is 12.1. The minimum absolute atomic E-state index is 0.00667. The molecule has 0 radical (unpaired) electrons. The average Bonchev–Trinajstić information content (AvgIpc) is 2.18. The number of rotatable bonds is 4. The van der Waals surface area contributed by atoms with Crippen molar-refractivity contribution < 1.29 is 15.0 Å². The highest BCUT2D eigenvalue weighted by molar-refractivity contribution is 5.85. The molecular formula is C9H12N2O3. The van der Waals surface area contributed by atoms with Gasteiger partial charge >= 0.3 is 5.97 Å². The molecule has 0 spiro atoms. The number of nitrogens with one attached hydrogen (secondary N) is 1. The predicted octanol–water partition coefficient (Wildman–Crippen LogP) is 0.573. The van der Waals surface area contributed by atoms with Crippen molar-refractivity contribution in [2.75, 3.05) is 11.9 Å². The summed E-state index contributed by atoms with van der Waals surface area (Å²) in [6.45, 7) is 1.83. The molecular weight excluding hydrogens is 184 g/mol. The summed E-state index contributed by atoms with van der Waals surface area (Å²) in [7, 11) is 0. The second-order valence-electron chi connectivity index (χ2n) is 2.97. The summed E-state index contributed by atoms with van der Waals surface area (Å²) < 4.78 is 0. The van der Waals surface area contributed by atoms with Crippen molar-refractivity contribution in [3.8, 4) is 0 Å². The Morgan fingerprint density at radius 3 is 2.79 bits per heavy atom. The lowest BCUT2D eigenvalue weighted by Crippen LogP contribution is -2.19. The van der Waals surface area contributed by atoms with Gasteiger partial charge in [-0.15, -0.1) is 0 Å². The molecule has 5 heteroatoms. The summed E-state index contributed by atoms with van der Waals surface area (Å²) in [5.74, 6) is -1.05. The van der Waals surface area contributed by atoms with E-state index >= 15 is 0 Å². The van der Waals surface area contributed by atoms with Crippen LogP contribution in [0.25, 0.3) is 0 Å². The number of hydrogen-bond donors (Lipinski definition) is 3. The van der Waals surface area contributed by atoms with Crippen LogP contribution in [0.2, 0.25) is 0 Å². The lowest BCUT2D eigenvalue weighted by molar-refractivity contribution is 0.0690. The van der Waals surface area contributed by atoms with Crippen LogP contribution in [0.1, 0.15) is 17.4 Å². The molecule has 0 aliphatic carbocycles. The lowest BCUT2D eigenvalue weighted by Gasteiger charge is -2.11. The molecule has 76 valence electrons. The van der Waals surface area contributed by atoms with Crippen molar-refractivity contribution in [1.82, 2.24) is 4.98 Å². The molecule has 1 aromatic heterocycles. The number of aromatic carboxylic acids is 1. The van der Waals surface area contributed by atoms with Gasteiger partial charge in [-0.3, -0.25) is 0 Å². The van der Waals surface area contributed by atoms with Gasteiger partial charge in [0.1, 0.15) is 5.69 Å². The summed E-state index contributed by atoms with van der Waals surface area (Å²) in [4.78, 5) is 14.2. The third kappa shape index (κ3) is 2.70. The lowest BCUT2D eigenvalue weighted by atomic mass is 10.3. The highest BCUT2D eigenvalue weighted by atomic mass is 16.4. The molecule has 1 rings (SSSR count). The fourth-order valence-electron chi connectivity index (χ4n) is 0.936. The van der Waals surface area contributed by atoms with Crippen molar-refractivity contribution in [3.05, 3.63) is 24.0 Å². The predicted molar refractivity (Wildman–Crippen MR) is 51.4 cm³/mol. The van der Waals surface area contributed by atoms with Gasteiger partial charge in [0.05, 0.1) is 18.5 Å². The van der Waals surface area contributed by atoms with Crippen LogP contribution >= 0.6 is 0 Å². The van der Waals surface area contributed by atoms with Crippen LogP contribution in [-0.4, -0.2) is 33.8 Å². The molecule has 1 heterocycles. The Kier molecular flexibility index (Phi) is 3.41.